The Bertz CT molecular complexity index is 548. The van der Waals surface area contributed by atoms with Crippen LogP contribution in [-0.2, 0) is 14.3 Å². The molecule has 1 saturated carbocycles. The fourth-order valence-corrected chi connectivity index (χ4v) is 3.10. The Morgan fingerprint density at radius 3 is 2.30 bits per heavy atom. The Labute approximate surface area is 119 Å². The van der Waals surface area contributed by atoms with Gasteiger partial charge in [-0.3, -0.25) is 8.98 Å². The maximum atomic E-state index is 12.0. The summed E-state index contributed by atoms with van der Waals surface area (Å²) in [5.74, 6) is -0.0851. The van der Waals surface area contributed by atoms with Gasteiger partial charge in [0.1, 0.15) is 0 Å². The van der Waals surface area contributed by atoms with E-state index < -0.39 is 10.1 Å². The van der Waals surface area contributed by atoms with E-state index in [-0.39, 0.29) is 18.1 Å². The molecule has 20 heavy (non-hydrogen) atoms. The lowest BCUT2D eigenvalue weighted by Crippen LogP contribution is -2.39. The summed E-state index contributed by atoms with van der Waals surface area (Å²) in [6.45, 7) is 0. The quantitative estimate of drug-likeness (QED) is 0.859. The molecule has 1 amide bonds. The van der Waals surface area contributed by atoms with Gasteiger partial charge >= 0.3 is 0 Å². The zero-order chi connectivity index (χ0) is 14.6. The normalized spacial score (nSPS) is 23.2. The largest absolute Gasteiger partial charge is 0.349 e. The van der Waals surface area contributed by atoms with Gasteiger partial charge in [-0.25, -0.2) is 0 Å². The molecule has 0 heterocycles. The summed E-state index contributed by atoms with van der Waals surface area (Å²) < 4.78 is 27.1. The third-order valence-corrected chi connectivity index (χ3v) is 3.98. The predicted octanol–water partition coefficient (Wildman–Crippen LogP) is 1.70. The highest BCUT2D eigenvalue weighted by molar-refractivity contribution is 7.86. The number of rotatable bonds is 4. The Balaban J connectivity index is 1.82. The fourth-order valence-electron chi connectivity index (χ4n) is 2.41. The van der Waals surface area contributed by atoms with Crippen molar-refractivity contribution in [3.63, 3.8) is 0 Å². The molecule has 0 aromatic heterocycles. The van der Waals surface area contributed by atoms with E-state index in [2.05, 4.69) is 5.32 Å². The van der Waals surface area contributed by atoms with Crippen LogP contribution in [0.25, 0.3) is 0 Å². The minimum Gasteiger partial charge on any atom is -0.349 e. The molecule has 1 fully saturated rings. The minimum absolute atomic E-state index is 0.0851. The van der Waals surface area contributed by atoms with Crippen molar-refractivity contribution < 1.29 is 17.4 Å². The number of carbonyl (C=O) groups excluding carboxylic acids is 1. The van der Waals surface area contributed by atoms with Crippen LogP contribution in [0.3, 0.4) is 0 Å². The summed E-state index contributed by atoms with van der Waals surface area (Å²) in [6, 6.07) is 9.14. The highest BCUT2D eigenvalue weighted by Crippen LogP contribution is 2.22. The topological polar surface area (TPSA) is 72.5 Å². The summed E-state index contributed by atoms with van der Waals surface area (Å²) in [5, 5.41) is 2.97. The summed E-state index contributed by atoms with van der Waals surface area (Å²) in [7, 11) is -3.39. The van der Waals surface area contributed by atoms with Crippen LogP contribution in [0.2, 0.25) is 0 Å². The third kappa shape index (κ3) is 4.61. The molecule has 0 unspecified atom stereocenters. The van der Waals surface area contributed by atoms with Crippen LogP contribution >= 0.6 is 0 Å². The molecule has 1 aliphatic rings. The van der Waals surface area contributed by atoms with Crippen molar-refractivity contribution in [3.05, 3.63) is 35.9 Å². The molecule has 6 heteroatoms. The second kappa shape index (κ2) is 6.37. The summed E-state index contributed by atoms with van der Waals surface area (Å²) in [5.41, 5.74) is 0.641. The first-order chi connectivity index (χ1) is 9.44. The smallest absolute Gasteiger partial charge is 0.264 e. The highest BCUT2D eigenvalue weighted by atomic mass is 32.2. The highest BCUT2D eigenvalue weighted by Gasteiger charge is 2.25. The Hall–Kier alpha value is -1.40. The average molecular weight is 297 g/mol. The van der Waals surface area contributed by atoms with E-state index in [4.69, 9.17) is 4.18 Å². The van der Waals surface area contributed by atoms with Gasteiger partial charge in [0.15, 0.2) is 0 Å². The molecule has 1 aromatic rings. The monoisotopic (exact) mass is 297 g/mol. The van der Waals surface area contributed by atoms with Gasteiger partial charge in [0.05, 0.1) is 12.4 Å². The lowest BCUT2D eigenvalue weighted by atomic mass is 9.93. The average Bonchev–Trinajstić information content (AvgIpc) is 2.40. The van der Waals surface area contributed by atoms with E-state index >= 15 is 0 Å². The second-order valence-corrected chi connectivity index (χ2v) is 6.71. The van der Waals surface area contributed by atoms with Crippen molar-refractivity contribution in [2.45, 2.75) is 37.8 Å². The molecule has 0 aliphatic heterocycles. The van der Waals surface area contributed by atoms with Crippen molar-refractivity contribution in [2.24, 2.45) is 0 Å². The maximum absolute atomic E-state index is 12.0. The molecule has 0 radical (unpaired) electrons. The molecular formula is C14H19NO4S. The number of hydrogen-bond donors (Lipinski definition) is 1. The summed E-state index contributed by atoms with van der Waals surface area (Å²) >= 11 is 0. The van der Waals surface area contributed by atoms with Gasteiger partial charge in [-0.1, -0.05) is 18.2 Å². The Kier molecular flexibility index (Phi) is 4.77. The first-order valence-corrected chi connectivity index (χ1v) is 8.50. The van der Waals surface area contributed by atoms with Crippen molar-refractivity contribution in [1.82, 2.24) is 5.32 Å². The van der Waals surface area contributed by atoms with Crippen molar-refractivity contribution in [2.75, 3.05) is 6.26 Å². The van der Waals surface area contributed by atoms with E-state index in [9.17, 15) is 13.2 Å². The first kappa shape index (κ1) is 15.0. The van der Waals surface area contributed by atoms with Crippen LogP contribution in [0, 0.1) is 0 Å². The van der Waals surface area contributed by atoms with Gasteiger partial charge < -0.3 is 5.32 Å². The van der Waals surface area contributed by atoms with Gasteiger partial charge in [-0.05, 0) is 37.8 Å². The van der Waals surface area contributed by atoms with Crippen LogP contribution in [0.4, 0.5) is 0 Å². The maximum Gasteiger partial charge on any atom is 0.264 e. The molecule has 0 atom stereocenters. The van der Waals surface area contributed by atoms with Gasteiger partial charge in [0.25, 0.3) is 16.0 Å². The molecule has 1 aliphatic carbocycles. The van der Waals surface area contributed by atoms with E-state index in [1.54, 1.807) is 12.1 Å². The van der Waals surface area contributed by atoms with Crippen LogP contribution in [0.5, 0.6) is 0 Å². The lowest BCUT2D eigenvalue weighted by Gasteiger charge is -2.28. The molecule has 0 saturated heterocycles. The minimum atomic E-state index is -3.39. The standard InChI is InChI=1S/C14H19NO4S/c1-20(17,18)19-13-9-7-12(8-10-13)15-14(16)11-5-3-2-4-6-11/h2-6,12-13H,7-10H2,1H3,(H,15,16). The van der Waals surface area contributed by atoms with Crippen LogP contribution in [0.15, 0.2) is 30.3 Å². The van der Waals surface area contributed by atoms with E-state index in [0.29, 0.717) is 18.4 Å². The Morgan fingerprint density at radius 1 is 1.15 bits per heavy atom. The molecular weight excluding hydrogens is 278 g/mol. The predicted molar refractivity (Wildman–Crippen MR) is 75.9 cm³/mol. The molecule has 5 nitrogen and oxygen atoms in total. The van der Waals surface area contributed by atoms with Gasteiger partial charge in [-0.15, -0.1) is 0 Å². The van der Waals surface area contributed by atoms with Gasteiger partial charge in [0.2, 0.25) is 0 Å². The van der Waals surface area contributed by atoms with Crippen LogP contribution in [0.1, 0.15) is 36.0 Å². The number of carbonyl (C=O) groups is 1. The van der Waals surface area contributed by atoms with Crippen LogP contribution in [-0.4, -0.2) is 32.7 Å². The fraction of sp³-hybridized carbons (Fsp3) is 0.500. The second-order valence-electron chi connectivity index (χ2n) is 5.11. The summed E-state index contributed by atoms with van der Waals surface area (Å²) in [6.07, 6.45) is 3.57. The molecule has 1 aromatic carbocycles. The third-order valence-electron chi connectivity index (χ3n) is 3.36. The zero-order valence-electron chi connectivity index (χ0n) is 11.4. The number of benzene rings is 1. The molecule has 110 valence electrons. The molecule has 2 rings (SSSR count). The van der Waals surface area contributed by atoms with Gasteiger partial charge in [0, 0.05) is 11.6 Å². The Morgan fingerprint density at radius 2 is 1.75 bits per heavy atom. The van der Waals surface area contributed by atoms with E-state index in [1.807, 2.05) is 18.2 Å². The van der Waals surface area contributed by atoms with Gasteiger partial charge in [-0.2, -0.15) is 8.42 Å². The number of amides is 1. The van der Waals surface area contributed by atoms with E-state index in [1.165, 1.54) is 0 Å². The molecule has 1 N–H and O–H groups in total. The zero-order valence-corrected chi connectivity index (χ0v) is 12.2. The van der Waals surface area contributed by atoms with Crippen molar-refractivity contribution in [1.29, 1.82) is 0 Å². The number of hydrogen-bond acceptors (Lipinski definition) is 4. The van der Waals surface area contributed by atoms with Crippen molar-refractivity contribution in [3.8, 4) is 0 Å². The van der Waals surface area contributed by atoms with Crippen molar-refractivity contribution >= 4 is 16.0 Å². The molecule has 0 spiro atoms. The first-order valence-electron chi connectivity index (χ1n) is 6.68. The molecule has 0 bridgehead atoms. The summed E-state index contributed by atoms with van der Waals surface area (Å²) in [4.78, 5) is 12.0. The number of nitrogens with one attached hydrogen (secondary N) is 1. The van der Waals surface area contributed by atoms with E-state index in [0.717, 1.165) is 19.1 Å². The lowest BCUT2D eigenvalue weighted by molar-refractivity contribution is 0.0897. The SMILES string of the molecule is CS(=O)(=O)OC1CCC(NC(=O)c2ccccc2)CC1. The van der Waals surface area contributed by atoms with Crippen LogP contribution < -0.4 is 5.32 Å².